The highest BCUT2D eigenvalue weighted by molar-refractivity contribution is 6.00. The molecular formula is C27H32N4O3. The van der Waals surface area contributed by atoms with E-state index in [2.05, 4.69) is 32.7 Å². The van der Waals surface area contributed by atoms with Crippen LogP contribution in [0, 0.1) is 5.92 Å². The summed E-state index contributed by atoms with van der Waals surface area (Å²) in [6.45, 7) is 5.79. The Kier molecular flexibility index (Phi) is 7.55. The molecule has 1 aliphatic rings. The van der Waals surface area contributed by atoms with Crippen LogP contribution in [0.25, 0.3) is 10.9 Å². The molecule has 1 saturated heterocycles. The highest BCUT2D eigenvalue weighted by Crippen LogP contribution is 2.17. The van der Waals surface area contributed by atoms with Gasteiger partial charge in [-0.15, -0.1) is 0 Å². The topological polar surface area (TPSA) is 94.6 Å². The third-order valence-electron chi connectivity index (χ3n) is 6.14. The van der Waals surface area contributed by atoms with Crippen molar-refractivity contribution in [3.05, 3.63) is 78.0 Å². The number of hydrogen-bond donors (Lipinski definition) is 3. The number of rotatable bonds is 8. The number of nitrogens with zero attached hydrogens (tertiary/aromatic N) is 2. The molecule has 34 heavy (non-hydrogen) atoms. The van der Waals surface area contributed by atoms with Gasteiger partial charge < -0.3 is 15.7 Å². The maximum absolute atomic E-state index is 13.2. The normalized spacial score (nSPS) is 19.3. The third kappa shape index (κ3) is 5.98. The molecule has 178 valence electrons. The zero-order valence-electron chi connectivity index (χ0n) is 19.6. The number of carbonyl (C=O) groups excluding carboxylic acids is 2. The van der Waals surface area contributed by atoms with Gasteiger partial charge in [-0.05, 0) is 42.2 Å². The molecule has 2 aromatic carbocycles. The summed E-state index contributed by atoms with van der Waals surface area (Å²) < 4.78 is 0. The summed E-state index contributed by atoms with van der Waals surface area (Å²) in [6, 6.07) is 18.0. The number of pyridine rings is 1. The van der Waals surface area contributed by atoms with Crippen molar-refractivity contribution in [2.45, 2.75) is 45.0 Å². The molecule has 1 fully saturated rings. The SMILES string of the molecule is CC(C)C[C@H](NC(=O)c1ccc2ncccc2c1)C(=O)NC1CN(Cc2ccccc2)CC1O. The number of likely N-dealkylation sites (tertiary alicyclic amines) is 1. The number of carbonyl (C=O) groups is 2. The van der Waals surface area contributed by atoms with Gasteiger partial charge in [0.2, 0.25) is 5.91 Å². The van der Waals surface area contributed by atoms with Crippen molar-refractivity contribution in [2.24, 2.45) is 5.92 Å². The number of aliphatic hydroxyl groups is 1. The van der Waals surface area contributed by atoms with Crippen molar-refractivity contribution in [2.75, 3.05) is 13.1 Å². The molecule has 1 aromatic heterocycles. The Bertz CT molecular complexity index is 1130. The Morgan fingerprint density at radius 2 is 1.88 bits per heavy atom. The molecule has 2 unspecified atom stereocenters. The van der Waals surface area contributed by atoms with E-state index in [-0.39, 0.29) is 23.8 Å². The number of aliphatic hydroxyl groups excluding tert-OH is 1. The lowest BCUT2D eigenvalue weighted by molar-refractivity contribution is -0.124. The first-order valence-corrected chi connectivity index (χ1v) is 11.8. The molecule has 7 heteroatoms. The van der Waals surface area contributed by atoms with Crippen LogP contribution in [0.15, 0.2) is 66.9 Å². The Balaban J connectivity index is 1.40. The number of benzene rings is 2. The summed E-state index contributed by atoms with van der Waals surface area (Å²) in [4.78, 5) is 32.5. The molecule has 0 aliphatic carbocycles. The molecule has 2 heterocycles. The van der Waals surface area contributed by atoms with Crippen LogP contribution in [-0.2, 0) is 11.3 Å². The van der Waals surface area contributed by atoms with Crippen LogP contribution < -0.4 is 10.6 Å². The summed E-state index contributed by atoms with van der Waals surface area (Å²) in [5.74, 6) is -0.362. The van der Waals surface area contributed by atoms with Gasteiger partial charge in [-0.2, -0.15) is 0 Å². The molecule has 0 spiro atoms. The fourth-order valence-corrected chi connectivity index (χ4v) is 4.42. The van der Waals surface area contributed by atoms with Crippen molar-refractivity contribution in [3.63, 3.8) is 0 Å². The first-order valence-electron chi connectivity index (χ1n) is 11.8. The van der Waals surface area contributed by atoms with E-state index in [1.807, 2.05) is 44.2 Å². The summed E-state index contributed by atoms with van der Waals surface area (Å²) in [6.07, 6.45) is 1.56. The quantitative estimate of drug-likeness (QED) is 0.481. The van der Waals surface area contributed by atoms with E-state index in [1.54, 1.807) is 24.4 Å². The van der Waals surface area contributed by atoms with Crippen LogP contribution in [0.2, 0.25) is 0 Å². The van der Waals surface area contributed by atoms with E-state index in [1.165, 1.54) is 0 Å². The molecular weight excluding hydrogens is 428 g/mol. The number of hydrogen-bond acceptors (Lipinski definition) is 5. The summed E-state index contributed by atoms with van der Waals surface area (Å²) in [5.41, 5.74) is 2.46. The van der Waals surface area contributed by atoms with Crippen LogP contribution in [0.5, 0.6) is 0 Å². The highest BCUT2D eigenvalue weighted by Gasteiger charge is 2.34. The van der Waals surface area contributed by atoms with E-state index in [4.69, 9.17) is 0 Å². The highest BCUT2D eigenvalue weighted by atomic mass is 16.3. The fourth-order valence-electron chi connectivity index (χ4n) is 4.42. The van der Waals surface area contributed by atoms with Gasteiger partial charge in [0.25, 0.3) is 5.91 Å². The van der Waals surface area contributed by atoms with E-state index >= 15 is 0 Å². The van der Waals surface area contributed by atoms with Gasteiger partial charge in [0.1, 0.15) is 6.04 Å². The first kappa shape index (κ1) is 23.9. The summed E-state index contributed by atoms with van der Waals surface area (Å²) >= 11 is 0. The van der Waals surface area contributed by atoms with Crippen molar-refractivity contribution in [1.82, 2.24) is 20.5 Å². The minimum absolute atomic E-state index is 0.208. The second-order valence-corrected chi connectivity index (χ2v) is 9.43. The molecule has 2 amide bonds. The molecule has 0 radical (unpaired) electrons. The standard InChI is InChI=1S/C27H32N4O3/c1-18(2)13-23(29-26(33)21-10-11-22-20(14-21)9-6-12-28-22)27(34)30-24-16-31(17-25(24)32)15-19-7-4-3-5-8-19/h3-12,14,18,23-25,32H,13,15-17H2,1-2H3,(H,29,33)(H,30,34)/t23-,24?,25?/m0/s1. The first-order chi connectivity index (χ1) is 16.4. The van der Waals surface area contributed by atoms with Crippen LogP contribution >= 0.6 is 0 Å². The second kappa shape index (κ2) is 10.8. The molecule has 7 nitrogen and oxygen atoms in total. The predicted molar refractivity (Wildman–Crippen MR) is 132 cm³/mol. The van der Waals surface area contributed by atoms with Crippen molar-refractivity contribution >= 4 is 22.7 Å². The Morgan fingerprint density at radius 1 is 1.09 bits per heavy atom. The average molecular weight is 461 g/mol. The van der Waals surface area contributed by atoms with Crippen molar-refractivity contribution < 1.29 is 14.7 Å². The maximum Gasteiger partial charge on any atom is 0.251 e. The Morgan fingerprint density at radius 3 is 2.65 bits per heavy atom. The smallest absolute Gasteiger partial charge is 0.251 e. The molecule has 3 N–H and O–H groups in total. The zero-order chi connectivity index (χ0) is 24.1. The van der Waals surface area contributed by atoms with Crippen LogP contribution in [-0.4, -0.2) is 58.1 Å². The lowest BCUT2D eigenvalue weighted by atomic mass is 10.0. The van der Waals surface area contributed by atoms with Crippen molar-refractivity contribution in [3.8, 4) is 0 Å². The summed E-state index contributed by atoms with van der Waals surface area (Å²) in [7, 11) is 0. The van der Waals surface area contributed by atoms with Gasteiger partial charge in [0.05, 0.1) is 17.7 Å². The lowest BCUT2D eigenvalue weighted by Crippen LogP contribution is -2.52. The number of amides is 2. The molecule has 1 aliphatic heterocycles. The van der Waals surface area contributed by atoms with E-state index in [0.717, 1.165) is 16.5 Å². The molecule has 0 bridgehead atoms. The van der Waals surface area contributed by atoms with Gasteiger partial charge in [0, 0.05) is 36.8 Å². The minimum Gasteiger partial charge on any atom is -0.390 e. The van der Waals surface area contributed by atoms with Gasteiger partial charge >= 0.3 is 0 Å². The number of aromatic nitrogens is 1. The average Bonchev–Trinajstić information content (AvgIpc) is 3.16. The monoisotopic (exact) mass is 460 g/mol. The number of fused-ring (bicyclic) bond motifs is 1. The molecule has 4 rings (SSSR count). The lowest BCUT2D eigenvalue weighted by Gasteiger charge is -2.24. The molecule has 3 aromatic rings. The molecule has 0 saturated carbocycles. The van der Waals surface area contributed by atoms with E-state index < -0.39 is 12.1 Å². The minimum atomic E-state index is -0.688. The van der Waals surface area contributed by atoms with Gasteiger partial charge in [-0.3, -0.25) is 19.5 Å². The molecule has 3 atom stereocenters. The van der Waals surface area contributed by atoms with E-state index in [0.29, 0.717) is 31.6 Å². The Labute approximate surface area is 200 Å². The number of β-amino-alcohol motifs (C(OH)–C–C–N with tert-alkyl or cyclic N) is 1. The third-order valence-corrected chi connectivity index (χ3v) is 6.14. The fraction of sp³-hybridized carbons (Fsp3) is 0.370. The van der Waals surface area contributed by atoms with E-state index in [9.17, 15) is 14.7 Å². The number of nitrogens with one attached hydrogen (secondary N) is 2. The zero-order valence-corrected chi connectivity index (χ0v) is 19.6. The van der Waals surface area contributed by atoms with Crippen LogP contribution in [0.3, 0.4) is 0 Å². The summed E-state index contributed by atoms with van der Waals surface area (Å²) in [5, 5.41) is 17.3. The van der Waals surface area contributed by atoms with Crippen LogP contribution in [0.4, 0.5) is 0 Å². The van der Waals surface area contributed by atoms with Crippen molar-refractivity contribution in [1.29, 1.82) is 0 Å². The second-order valence-electron chi connectivity index (χ2n) is 9.43. The predicted octanol–water partition coefficient (Wildman–Crippen LogP) is 2.74. The van der Waals surface area contributed by atoms with Gasteiger partial charge in [0.15, 0.2) is 0 Å². The van der Waals surface area contributed by atoms with Gasteiger partial charge in [-0.1, -0.05) is 50.2 Å². The van der Waals surface area contributed by atoms with Crippen LogP contribution in [0.1, 0.15) is 36.2 Å². The largest absolute Gasteiger partial charge is 0.390 e. The maximum atomic E-state index is 13.2. The van der Waals surface area contributed by atoms with Gasteiger partial charge in [-0.25, -0.2) is 0 Å². The Hall–Kier alpha value is -3.29.